The number of carbonyl (C=O) groups is 3. The Balaban J connectivity index is 1.42. The van der Waals surface area contributed by atoms with E-state index in [-0.39, 0.29) is 5.69 Å². The van der Waals surface area contributed by atoms with E-state index in [2.05, 4.69) is 10.3 Å². The summed E-state index contributed by atoms with van der Waals surface area (Å²) in [5, 5.41) is 3.64. The number of esters is 1. The van der Waals surface area contributed by atoms with Crippen molar-refractivity contribution in [1.29, 1.82) is 0 Å². The van der Waals surface area contributed by atoms with Crippen LogP contribution in [0.2, 0.25) is 0 Å². The molecule has 0 aliphatic heterocycles. The van der Waals surface area contributed by atoms with Crippen molar-refractivity contribution in [2.24, 2.45) is 5.73 Å². The second-order valence-corrected chi connectivity index (χ2v) is 9.11. The molecule has 8 nitrogen and oxygen atoms in total. The van der Waals surface area contributed by atoms with Gasteiger partial charge in [0, 0.05) is 9.75 Å². The van der Waals surface area contributed by atoms with Gasteiger partial charge in [0.25, 0.3) is 11.8 Å². The lowest BCUT2D eigenvalue weighted by Crippen LogP contribution is -2.23. The number of primary amides is 1. The number of rotatable bonds is 6. The van der Waals surface area contributed by atoms with Crippen LogP contribution in [0.25, 0.3) is 10.8 Å². The topological polar surface area (TPSA) is 125 Å². The molecule has 3 heterocycles. The smallest absolute Gasteiger partial charge is 0.358 e. The summed E-state index contributed by atoms with van der Waals surface area (Å²) >= 11 is 2.66. The van der Waals surface area contributed by atoms with Gasteiger partial charge in [-0.1, -0.05) is 0 Å². The maximum atomic E-state index is 12.4. The summed E-state index contributed by atoms with van der Waals surface area (Å²) in [5.74, 6) is -1.24. The Morgan fingerprint density at radius 2 is 2.07 bits per heavy atom. The van der Waals surface area contributed by atoms with Crippen LogP contribution in [-0.2, 0) is 22.4 Å². The molecule has 0 spiro atoms. The predicted molar refractivity (Wildman–Crippen MR) is 113 cm³/mol. The van der Waals surface area contributed by atoms with Crippen molar-refractivity contribution in [2.45, 2.75) is 32.6 Å². The molecule has 2 amide bonds. The molecule has 0 unspecified atom stereocenters. The molecule has 0 bridgehead atoms. The molecule has 0 atom stereocenters. The van der Waals surface area contributed by atoms with Gasteiger partial charge in [-0.3, -0.25) is 9.59 Å². The number of furan rings is 1. The Labute approximate surface area is 180 Å². The van der Waals surface area contributed by atoms with Crippen LogP contribution in [0.5, 0.6) is 0 Å². The Bertz CT molecular complexity index is 1110. The molecule has 10 heteroatoms. The quantitative estimate of drug-likeness (QED) is 0.559. The third-order valence-corrected chi connectivity index (χ3v) is 6.92. The van der Waals surface area contributed by atoms with Crippen LogP contribution >= 0.6 is 22.7 Å². The van der Waals surface area contributed by atoms with E-state index in [0.717, 1.165) is 36.1 Å². The molecular formula is C20H19N3O5S2. The third-order valence-electron chi connectivity index (χ3n) is 4.73. The molecule has 0 fully saturated rings. The van der Waals surface area contributed by atoms with Gasteiger partial charge in [0.1, 0.15) is 5.00 Å². The number of hydrogen-bond acceptors (Lipinski definition) is 8. The number of nitrogens with zero attached hydrogens (tertiary/aromatic N) is 1. The van der Waals surface area contributed by atoms with Crippen molar-refractivity contribution in [3.8, 4) is 10.8 Å². The fraction of sp³-hybridized carbons (Fsp3) is 0.300. The van der Waals surface area contributed by atoms with Crippen LogP contribution < -0.4 is 11.1 Å². The first-order valence-corrected chi connectivity index (χ1v) is 11.0. The molecule has 3 aromatic rings. The predicted octanol–water partition coefficient (Wildman–Crippen LogP) is 3.55. The third kappa shape index (κ3) is 4.01. The minimum Gasteiger partial charge on any atom is -0.462 e. The average Bonchev–Trinajstić information content (AvgIpc) is 3.43. The molecule has 0 radical (unpaired) electrons. The number of carbonyl (C=O) groups excluding carboxylic acids is 3. The van der Waals surface area contributed by atoms with E-state index in [1.807, 2.05) is 0 Å². The van der Waals surface area contributed by atoms with Gasteiger partial charge in [0.15, 0.2) is 23.1 Å². The van der Waals surface area contributed by atoms with E-state index in [9.17, 15) is 14.4 Å². The summed E-state index contributed by atoms with van der Waals surface area (Å²) in [6.07, 6.45) is 5.20. The number of nitrogens with two attached hydrogens (primary N) is 1. The first-order chi connectivity index (χ1) is 14.4. The lowest BCUT2D eigenvalue weighted by Gasteiger charge is -2.11. The van der Waals surface area contributed by atoms with Gasteiger partial charge in [-0.25, -0.2) is 9.78 Å². The number of aromatic nitrogens is 1. The molecule has 1 aliphatic rings. The second-order valence-electron chi connectivity index (χ2n) is 6.80. The molecule has 3 aromatic heterocycles. The number of hydrogen-bond donors (Lipinski definition) is 2. The van der Waals surface area contributed by atoms with E-state index in [1.165, 1.54) is 28.9 Å². The average molecular weight is 446 g/mol. The molecule has 30 heavy (non-hydrogen) atoms. The van der Waals surface area contributed by atoms with E-state index in [1.54, 1.807) is 19.1 Å². The molecule has 1 aliphatic carbocycles. The standard InChI is InChI=1S/C20H19N3O5S2/c1-10-16(23-18(29-10)12-6-4-8-27-12)20(26)28-9-14(24)22-19-15(17(21)25)11-5-2-3-7-13(11)30-19/h4,6,8H,2-3,5,7,9H2,1H3,(H2,21,25)(H,22,24). The molecule has 156 valence electrons. The summed E-state index contributed by atoms with van der Waals surface area (Å²) in [6.45, 7) is 1.25. The highest BCUT2D eigenvalue weighted by Gasteiger charge is 2.25. The van der Waals surface area contributed by atoms with Gasteiger partial charge >= 0.3 is 5.97 Å². The number of aryl methyl sites for hydroxylation is 2. The summed E-state index contributed by atoms with van der Waals surface area (Å²) < 4.78 is 10.4. The maximum absolute atomic E-state index is 12.4. The Hall–Kier alpha value is -2.98. The van der Waals surface area contributed by atoms with E-state index in [4.69, 9.17) is 14.9 Å². The van der Waals surface area contributed by atoms with Crippen LogP contribution in [0.4, 0.5) is 5.00 Å². The van der Waals surface area contributed by atoms with Crippen molar-refractivity contribution >= 4 is 45.5 Å². The van der Waals surface area contributed by atoms with Crippen LogP contribution in [0, 0.1) is 6.92 Å². The number of nitrogens with one attached hydrogen (secondary N) is 1. The minimum atomic E-state index is -0.697. The number of thiophene rings is 1. The Kier molecular flexibility index (Phi) is 5.69. The van der Waals surface area contributed by atoms with E-state index < -0.39 is 24.4 Å². The van der Waals surface area contributed by atoms with Crippen LogP contribution in [0.15, 0.2) is 22.8 Å². The van der Waals surface area contributed by atoms with Crippen molar-refractivity contribution in [3.63, 3.8) is 0 Å². The summed E-state index contributed by atoms with van der Waals surface area (Å²) in [5.41, 5.74) is 6.97. The van der Waals surface area contributed by atoms with Gasteiger partial charge in [0.05, 0.1) is 11.8 Å². The van der Waals surface area contributed by atoms with Gasteiger partial charge in [-0.05, 0) is 50.3 Å². The molecule has 0 saturated carbocycles. The van der Waals surface area contributed by atoms with Gasteiger partial charge in [-0.15, -0.1) is 22.7 Å². The fourth-order valence-corrected chi connectivity index (χ4v) is 5.55. The molecule has 0 saturated heterocycles. The first-order valence-electron chi connectivity index (χ1n) is 9.36. The lowest BCUT2D eigenvalue weighted by atomic mass is 9.95. The van der Waals surface area contributed by atoms with Crippen molar-refractivity contribution in [2.75, 3.05) is 11.9 Å². The molecule has 0 aromatic carbocycles. The summed E-state index contributed by atoms with van der Waals surface area (Å²) in [7, 11) is 0. The number of thiazole rings is 1. The van der Waals surface area contributed by atoms with Crippen LogP contribution in [-0.4, -0.2) is 29.4 Å². The van der Waals surface area contributed by atoms with Crippen LogP contribution in [0.1, 0.15) is 49.0 Å². The maximum Gasteiger partial charge on any atom is 0.358 e. The van der Waals surface area contributed by atoms with Gasteiger partial charge in [-0.2, -0.15) is 0 Å². The van der Waals surface area contributed by atoms with Crippen LogP contribution in [0.3, 0.4) is 0 Å². The highest BCUT2D eigenvalue weighted by Crippen LogP contribution is 2.37. The molecule has 4 rings (SSSR count). The number of ether oxygens (including phenoxy) is 1. The van der Waals surface area contributed by atoms with Crippen molar-refractivity contribution in [1.82, 2.24) is 4.98 Å². The zero-order chi connectivity index (χ0) is 21.3. The summed E-state index contributed by atoms with van der Waals surface area (Å²) in [6, 6.07) is 3.48. The zero-order valence-electron chi connectivity index (χ0n) is 16.1. The van der Waals surface area contributed by atoms with Crippen molar-refractivity contribution in [3.05, 3.63) is 45.0 Å². The normalized spacial score (nSPS) is 13.0. The molecule has 3 N–H and O–H groups in total. The number of fused-ring (bicyclic) bond motifs is 1. The van der Waals surface area contributed by atoms with E-state index >= 15 is 0 Å². The van der Waals surface area contributed by atoms with E-state index in [0.29, 0.717) is 26.2 Å². The minimum absolute atomic E-state index is 0.142. The van der Waals surface area contributed by atoms with Gasteiger partial charge < -0.3 is 20.2 Å². The second kappa shape index (κ2) is 8.41. The number of amides is 2. The largest absolute Gasteiger partial charge is 0.462 e. The lowest BCUT2D eigenvalue weighted by molar-refractivity contribution is -0.119. The Morgan fingerprint density at radius 3 is 2.80 bits per heavy atom. The molecular weight excluding hydrogens is 426 g/mol. The summed E-state index contributed by atoms with van der Waals surface area (Å²) in [4.78, 5) is 42.6. The first kappa shape index (κ1) is 20.3. The Morgan fingerprint density at radius 1 is 1.27 bits per heavy atom. The van der Waals surface area contributed by atoms with Gasteiger partial charge in [0.2, 0.25) is 0 Å². The number of anilines is 1. The zero-order valence-corrected chi connectivity index (χ0v) is 17.8. The SMILES string of the molecule is Cc1sc(-c2ccco2)nc1C(=O)OCC(=O)Nc1sc2c(c1C(N)=O)CCCC2. The monoisotopic (exact) mass is 445 g/mol. The fourth-order valence-electron chi connectivity index (χ4n) is 3.37. The highest BCUT2D eigenvalue weighted by atomic mass is 32.1. The highest BCUT2D eigenvalue weighted by molar-refractivity contribution is 7.17. The van der Waals surface area contributed by atoms with Crippen molar-refractivity contribution < 1.29 is 23.5 Å².